The van der Waals surface area contributed by atoms with Crippen molar-refractivity contribution in [3.8, 4) is 11.8 Å². The second-order valence-electron chi connectivity index (χ2n) is 4.38. The summed E-state index contributed by atoms with van der Waals surface area (Å²) in [7, 11) is 0. The summed E-state index contributed by atoms with van der Waals surface area (Å²) >= 11 is 3.39. The average Bonchev–Trinajstić information content (AvgIpc) is 2.43. The van der Waals surface area contributed by atoms with Crippen LogP contribution in [-0.4, -0.2) is 22.5 Å². The van der Waals surface area contributed by atoms with Crippen LogP contribution in [0.5, 0.6) is 11.8 Å². The Labute approximate surface area is 131 Å². The van der Waals surface area contributed by atoms with E-state index in [9.17, 15) is 4.79 Å². The van der Waals surface area contributed by atoms with E-state index in [1.54, 1.807) is 13.8 Å². The molecule has 0 unspecified atom stereocenters. The quantitative estimate of drug-likeness (QED) is 0.784. The lowest BCUT2D eigenvalue weighted by Crippen LogP contribution is -2.09. The summed E-state index contributed by atoms with van der Waals surface area (Å²) in [5.41, 5.74) is 1.83. The van der Waals surface area contributed by atoms with Gasteiger partial charge in [0.05, 0.1) is 17.9 Å². The monoisotopic (exact) mass is 350 g/mol. The van der Waals surface area contributed by atoms with Gasteiger partial charge in [0.15, 0.2) is 0 Å². The van der Waals surface area contributed by atoms with Gasteiger partial charge in [-0.05, 0) is 38.5 Å². The molecule has 0 fully saturated rings. The second kappa shape index (κ2) is 6.67. The number of esters is 1. The number of rotatable bonds is 4. The Kier molecular flexibility index (Phi) is 4.90. The van der Waals surface area contributed by atoms with Crippen LogP contribution >= 0.6 is 15.9 Å². The maximum absolute atomic E-state index is 11.7. The van der Waals surface area contributed by atoms with E-state index in [0.29, 0.717) is 23.6 Å². The number of halogens is 1. The summed E-state index contributed by atoms with van der Waals surface area (Å²) in [6.07, 6.45) is 1.42. The van der Waals surface area contributed by atoms with Crippen molar-refractivity contribution < 1.29 is 14.3 Å². The van der Waals surface area contributed by atoms with Gasteiger partial charge in [-0.25, -0.2) is 9.78 Å². The number of hydrogen-bond acceptors (Lipinski definition) is 5. The highest BCUT2D eigenvalue weighted by Gasteiger charge is 2.14. The topological polar surface area (TPSA) is 61.3 Å². The van der Waals surface area contributed by atoms with Gasteiger partial charge in [-0.2, -0.15) is 4.98 Å². The maximum Gasteiger partial charge on any atom is 0.341 e. The van der Waals surface area contributed by atoms with E-state index >= 15 is 0 Å². The van der Waals surface area contributed by atoms with E-state index < -0.39 is 5.97 Å². The van der Waals surface area contributed by atoms with Crippen molar-refractivity contribution in [2.45, 2.75) is 20.8 Å². The minimum absolute atomic E-state index is 0.196. The van der Waals surface area contributed by atoms with E-state index in [0.717, 1.165) is 10.0 Å². The van der Waals surface area contributed by atoms with Crippen LogP contribution in [0.15, 0.2) is 28.9 Å². The molecule has 2 aromatic rings. The fourth-order valence-corrected chi connectivity index (χ4v) is 2.03. The second-order valence-corrected chi connectivity index (χ2v) is 5.30. The molecule has 0 aliphatic heterocycles. The van der Waals surface area contributed by atoms with Crippen LogP contribution in [0.25, 0.3) is 0 Å². The van der Waals surface area contributed by atoms with Gasteiger partial charge in [-0.15, -0.1) is 0 Å². The Morgan fingerprint density at radius 2 is 2.10 bits per heavy atom. The summed E-state index contributed by atoms with van der Waals surface area (Å²) in [6, 6.07) is 5.90. The average molecular weight is 351 g/mol. The van der Waals surface area contributed by atoms with Crippen LogP contribution in [0.4, 0.5) is 0 Å². The summed E-state index contributed by atoms with van der Waals surface area (Å²) in [5, 5.41) is 0. The molecule has 0 saturated heterocycles. The van der Waals surface area contributed by atoms with Crippen molar-refractivity contribution in [2.24, 2.45) is 0 Å². The largest absolute Gasteiger partial charge is 0.462 e. The molecule has 0 amide bonds. The molecule has 21 heavy (non-hydrogen) atoms. The number of carbonyl (C=O) groups excluding carboxylic acids is 1. The van der Waals surface area contributed by atoms with Crippen LogP contribution in [0.3, 0.4) is 0 Å². The molecular formula is C15H15BrN2O3. The molecule has 0 saturated carbocycles. The Balaban J connectivity index is 2.24. The summed E-state index contributed by atoms with van der Waals surface area (Å²) in [4.78, 5) is 19.9. The Morgan fingerprint density at radius 3 is 2.76 bits per heavy atom. The predicted octanol–water partition coefficient (Wildman–Crippen LogP) is 3.82. The lowest BCUT2D eigenvalue weighted by Gasteiger charge is -2.09. The van der Waals surface area contributed by atoms with Crippen LogP contribution < -0.4 is 4.74 Å². The van der Waals surface area contributed by atoms with Gasteiger partial charge in [-0.1, -0.05) is 22.0 Å². The number of aromatic nitrogens is 2. The molecule has 0 aliphatic carbocycles. The number of aryl methyl sites for hydroxylation is 2. The van der Waals surface area contributed by atoms with Gasteiger partial charge >= 0.3 is 12.0 Å². The van der Waals surface area contributed by atoms with E-state index in [1.807, 2.05) is 25.1 Å². The van der Waals surface area contributed by atoms with Crippen molar-refractivity contribution in [1.82, 2.24) is 9.97 Å². The third-order valence-corrected chi connectivity index (χ3v) is 3.30. The minimum Gasteiger partial charge on any atom is -0.462 e. The third-order valence-electron chi connectivity index (χ3n) is 2.80. The Hall–Kier alpha value is -1.95. The zero-order chi connectivity index (χ0) is 15.4. The fraction of sp³-hybridized carbons (Fsp3) is 0.267. The van der Waals surface area contributed by atoms with Gasteiger partial charge < -0.3 is 9.47 Å². The first-order valence-electron chi connectivity index (χ1n) is 6.46. The normalized spacial score (nSPS) is 10.3. The third kappa shape index (κ3) is 3.78. The van der Waals surface area contributed by atoms with Crippen molar-refractivity contribution in [3.05, 3.63) is 45.7 Å². The molecule has 0 N–H and O–H groups in total. The predicted molar refractivity (Wildman–Crippen MR) is 81.7 cm³/mol. The zero-order valence-electron chi connectivity index (χ0n) is 12.0. The van der Waals surface area contributed by atoms with Gasteiger partial charge in [0.2, 0.25) is 0 Å². The molecule has 1 aromatic carbocycles. The smallest absolute Gasteiger partial charge is 0.341 e. The molecule has 0 atom stereocenters. The molecule has 5 nitrogen and oxygen atoms in total. The SMILES string of the molecule is CCOC(=O)c1cnc(Oc2cc(Br)ccc2C)nc1C. The lowest BCUT2D eigenvalue weighted by molar-refractivity contribution is 0.0524. The standard InChI is InChI=1S/C15H15BrN2O3/c1-4-20-14(19)12-8-17-15(18-10(12)3)21-13-7-11(16)6-5-9(13)2/h5-8H,4H2,1-3H3. The van der Waals surface area contributed by atoms with E-state index in [1.165, 1.54) is 6.20 Å². The van der Waals surface area contributed by atoms with Gasteiger partial charge in [0.1, 0.15) is 5.75 Å². The molecule has 1 aromatic heterocycles. The number of benzene rings is 1. The summed E-state index contributed by atoms with van der Waals surface area (Å²) in [5.74, 6) is 0.229. The lowest BCUT2D eigenvalue weighted by atomic mass is 10.2. The summed E-state index contributed by atoms with van der Waals surface area (Å²) < 4.78 is 11.5. The van der Waals surface area contributed by atoms with Gasteiger partial charge in [-0.3, -0.25) is 0 Å². The number of nitrogens with zero attached hydrogens (tertiary/aromatic N) is 2. The zero-order valence-corrected chi connectivity index (χ0v) is 13.6. The van der Waals surface area contributed by atoms with Crippen LogP contribution in [-0.2, 0) is 4.74 Å². The highest BCUT2D eigenvalue weighted by Crippen LogP contribution is 2.26. The molecule has 1 heterocycles. The first-order valence-corrected chi connectivity index (χ1v) is 7.25. The van der Waals surface area contributed by atoms with Gasteiger partial charge in [0.25, 0.3) is 0 Å². The maximum atomic E-state index is 11.7. The van der Waals surface area contributed by atoms with E-state index in [4.69, 9.17) is 9.47 Å². The molecular weight excluding hydrogens is 336 g/mol. The molecule has 0 spiro atoms. The Morgan fingerprint density at radius 1 is 1.33 bits per heavy atom. The van der Waals surface area contributed by atoms with Crippen molar-refractivity contribution >= 4 is 21.9 Å². The van der Waals surface area contributed by atoms with Gasteiger partial charge in [0, 0.05) is 10.7 Å². The van der Waals surface area contributed by atoms with Crippen molar-refractivity contribution in [2.75, 3.05) is 6.61 Å². The number of ether oxygens (including phenoxy) is 2. The molecule has 2 rings (SSSR count). The summed E-state index contributed by atoms with van der Waals surface area (Å²) in [6.45, 7) is 5.71. The number of carbonyl (C=O) groups is 1. The molecule has 110 valence electrons. The van der Waals surface area contributed by atoms with Crippen molar-refractivity contribution in [1.29, 1.82) is 0 Å². The highest BCUT2D eigenvalue weighted by atomic mass is 79.9. The molecule has 0 aliphatic rings. The minimum atomic E-state index is -0.430. The van der Waals surface area contributed by atoms with Crippen molar-refractivity contribution in [3.63, 3.8) is 0 Å². The molecule has 6 heteroatoms. The van der Waals surface area contributed by atoms with Crippen LogP contribution in [0.2, 0.25) is 0 Å². The van der Waals surface area contributed by atoms with Crippen LogP contribution in [0, 0.1) is 13.8 Å². The van der Waals surface area contributed by atoms with E-state index in [2.05, 4.69) is 25.9 Å². The first kappa shape index (κ1) is 15.4. The highest BCUT2D eigenvalue weighted by molar-refractivity contribution is 9.10. The van der Waals surface area contributed by atoms with Crippen LogP contribution in [0.1, 0.15) is 28.5 Å². The molecule has 0 radical (unpaired) electrons. The first-order chi connectivity index (χ1) is 10.0. The Bertz CT molecular complexity index is 674. The fourth-order valence-electron chi connectivity index (χ4n) is 1.69. The number of hydrogen-bond donors (Lipinski definition) is 0. The molecule has 0 bridgehead atoms. The van der Waals surface area contributed by atoms with E-state index in [-0.39, 0.29) is 6.01 Å².